The van der Waals surface area contributed by atoms with Crippen molar-refractivity contribution in [3.8, 4) is 0 Å². The zero-order chi connectivity index (χ0) is 20.2. The first-order valence-electron chi connectivity index (χ1n) is 11.0. The molecule has 0 aliphatic rings. The number of nitrogens with zero attached hydrogens (tertiary/aromatic N) is 1. The van der Waals surface area contributed by atoms with Crippen LogP contribution in [-0.2, 0) is 16.5 Å². The molecule has 1 N–H and O–H groups in total. The molecule has 0 radical (unpaired) electrons. The number of aromatic amines is 1. The van der Waals surface area contributed by atoms with Gasteiger partial charge in [-0.05, 0) is 24.6 Å². The number of hydrogen-bond donors (Lipinski definition) is 1. The third-order valence-corrected chi connectivity index (χ3v) is 6.14. The number of H-pyrrole nitrogens is 1. The summed E-state index contributed by atoms with van der Waals surface area (Å²) >= 11 is 0. The Hall–Kier alpha value is -0.400. The van der Waals surface area contributed by atoms with Gasteiger partial charge in [-0.3, -0.25) is 0 Å². The number of imidazole rings is 1. The molecule has 0 saturated carbocycles. The van der Waals surface area contributed by atoms with Crippen molar-refractivity contribution in [3.05, 3.63) is 24.0 Å². The summed E-state index contributed by atoms with van der Waals surface area (Å²) in [6.45, 7) is 2.26. The topological polar surface area (TPSA) is 85.9 Å². The van der Waals surface area contributed by atoms with E-state index in [1.54, 1.807) is 6.07 Å². The Morgan fingerprint density at radius 1 is 0.862 bits per heavy atom. The van der Waals surface area contributed by atoms with E-state index in [9.17, 15) is 13.0 Å². The molecule has 0 unspecified atom stereocenters. The van der Waals surface area contributed by atoms with Crippen molar-refractivity contribution in [1.29, 1.82) is 0 Å². The van der Waals surface area contributed by atoms with Crippen LogP contribution in [-0.4, -0.2) is 22.9 Å². The summed E-state index contributed by atoms with van der Waals surface area (Å²) in [5, 5.41) is 0. The number of rotatable bonds is 15. The van der Waals surface area contributed by atoms with Crippen LogP contribution in [0.2, 0.25) is 0 Å². The molecule has 0 aliphatic heterocycles. The molecule has 0 saturated heterocycles. The Bertz CT molecular complexity index is 805. The number of aromatic nitrogens is 2. The van der Waals surface area contributed by atoms with Crippen molar-refractivity contribution in [3.63, 3.8) is 0 Å². The largest absolute Gasteiger partial charge is 1.00 e. The first-order valence-corrected chi connectivity index (χ1v) is 12.4. The van der Waals surface area contributed by atoms with E-state index in [2.05, 4.69) is 16.9 Å². The molecule has 29 heavy (non-hydrogen) atoms. The van der Waals surface area contributed by atoms with Gasteiger partial charge in [-0.15, -0.1) is 0 Å². The molecule has 0 spiro atoms. The minimum absolute atomic E-state index is 0. The van der Waals surface area contributed by atoms with Crippen LogP contribution < -0.4 is 29.6 Å². The van der Waals surface area contributed by atoms with E-state index in [4.69, 9.17) is 0 Å². The predicted molar refractivity (Wildman–Crippen MR) is 113 cm³/mol. The monoisotopic (exact) mass is 430 g/mol. The molecule has 1 aromatic heterocycles. The standard InChI is InChI=1S/C22H36N2O3S.Na/c1-2-3-4-5-6-7-8-9-10-11-12-13-14-15-22-23-20-17-16-19(28(25,26)27)18-21(20)24-22;/h16-18H,2-15H2,1H3,(H,23,24)(H,25,26,27);/q;+1/p-1. The van der Waals surface area contributed by atoms with Crippen LogP contribution in [0.1, 0.15) is 96.2 Å². The molecular formula is C22H35N2NaO3S. The van der Waals surface area contributed by atoms with E-state index in [1.807, 2.05) is 0 Å². The van der Waals surface area contributed by atoms with Gasteiger partial charge in [-0.1, -0.05) is 84.0 Å². The Kier molecular flexibility index (Phi) is 13.4. The van der Waals surface area contributed by atoms with Crippen LogP contribution in [0.25, 0.3) is 11.0 Å². The summed E-state index contributed by atoms with van der Waals surface area (Å²) in [6, 6.07) is 4.29. The summed E-state index contributed by atoms with van der Waals surface area (Å²) in [5.74, 6) is 0.860. The number of aryl methyl sites for hydroxylation is 1. The second kappa shape index (κ2) is 14.6. The second-order valence-electron chi connectivity index (χ2n) is 7.81. The fourth-order valence-corrected chi connectivity index (χ4v) is 4.11. The number of benzene rings is 1. The van der Waals surface area contributed by atoms with E-state index >= 15 is 0 Å². The smallest absolute Gasteiger partial charge is 0.744 e. The van der Waals surface area contributed by atoms with E-state index in [1.165, 1.54) is 89.2 Å². The van der Waals surface area contributed by atoms with Gasteiger partial charge in [0.05, 0.1) is 15.9 Å². The average Bonchev–Trinajstić information content (AvgIpc) is 3.06. The number of nitrogens with one attached hydrogen (secondary N) is 1. The van der Waals surface area contributed by atoms with E-state index in [0.717, 1.165) is 24.2 Å². The molecule has 0 bridgehead atoms. The quantitative estimate of drug-likeness (QED) is 0.267. The summed E-state index contributed by atoms with van der Waals surface area (Å²) in [4.78, 5) is 7.41. The van der Waals surface area contributed by atoms with Gasteiger partial charge in [0.2, 0.25) is 0 Å². The minimum Gasteiger partial charge on any atom is -0.744 e. The van der Waals surface area contributed by atoms with Crippen molar-refractivity contribution in [1.82, 2.24) is 9.97 Å². The van der Waals surface area contributed by atoms with E-state index in [0.29, 0.717) is 5.52 Å². The van der Waals surface area contributed by atoms with Crippen LogP contribution in [0.15, 0.2) is 23.1 Å². The van der Waals surface area contributed by atoms with Gasteiger partial charge < -0.3 is 9.54 Å². The maximum atomic E-state index is 11.1. The molecule has 2 rings (SSSR count). The van der Waals surface area contributed by atoms with Crippen molar-refractivity contribution in [2.24, 2.45) is 0 Å². The molecule has 5 nitrogen and oxygen atoms in total. The van der Waals surface area contributed by atoms with Gasteiger partial charge in [0, 0.05) is 6.42 Å². The van der Waals surface area contributed by atoms with E-state index < -0.39 is 10.1 Å². The Labute approximate surface area is 198 Å². The van der Waals surface area contributed by atoms with Gasteiger partial charge in [-0.25, -0.2) is 13.4 Å². The van der Waals surface area contributed by atoms with Crippen molar-refractivity contribution < 1.29 is 42.5 Å². The Balaban J connectivity index is 0.00000420. The molecule has 158 valence electrons. The van der Waals surface area contributed by atoms with Crippen molar-refractivity contribution in [2.45, 2.75) is 102 Å². The maximum Gasteiger partial charge on any atom is 1.00 e. The normalized spacial score (nSPS) is 11.7. The Morgan fingerprint density at radius 2 is 1.38 bits per heavy atom. The maximum absolute atomic E-state index is 11.1. The Morgan fingerprint density at radius 3 is 1.90 bits per heavy atom. The minimum atomic E-state index is -4.43. The summed E-state index contributed by atoms with van der Waals surface area (Å²) in [7, 11) is -4.43. The summed E-state index contributed by atoms with van der Waals surface area (Å²) in [6.07, 6.45) is 18.1. The molecule has 7 heteroatoms. The average molecular weight is 431 g/mol. The summed E-state index contributed by atoms with van der Waals surface area (Å²) < 4.78 is 33.3. The van der Waals surface area contributed by atoms with Crippen LogP contribution in [0, 0.1) is 0 Å². The molecular weight excluding hydrogens is 395 g/mol. The molecule has 0 aliphatic carbocycles. The second-order valence-corrected chi connectivity index (χ2v) is 9.19. The third kappa shape index (κ3) is 10.5. The first-order chi connectivity index (χ1) is 13.5. The van der Waals surface area contributed by atoms with Crippen molar-refractivity contribution in [2.75, 3.05) is 0 Å². The number of fused-ring (bicyclic) bond motifs is 1. The van der Waals surface area contributed by atoms with Gasteiger partial charge in [0.25, 0.3) is 0 Å². The van der Waals surface area contributed by atoms with Gasteiger partial charge in [0.1, 0.15) is 15.9 Å². The molecule has 1 aromatic carbocycles. The van der Waals surface area contributed by atoms with Gasteiger partial charge in [0.15, 0.2) is 0 Å². The molecule has 2 aromatic rings. The molecule has 0 fully saturated rings. The van der Waals surface area contributed by atoms with Crippen LogP contribution >= 0.6 is 0 Å². The SMILES string of the molecule is CCCCCCCCCCCCCCCc1nc2cc(S(=O)(=O)[O-])ccc2[nH]1.[Na+]. The zero-order valence-electron chi connectivity index (χ0n) is 18.2. The number of unbranched alkanes of at least 4 members (excludes halogenated alkanes) is 12. The van der Waals surface area contributed by atoms with Crippen molar-refractivity contribution >= 4 is 21.2 Å². The number of hydrogen-bond acceptors (Lipinski definition) is 4. The molecule has 1 heterocycles. The van der Waals surface area contributed by atoms with Crippen LogP contribution in [0.4, 0.5) is 0 Å². The zero-order valence-corrected chi connectivity index (χ0v) is 21.0. The fraction of sp³-hybridized carbons (Fsp3) is 0.682. The van der Waals surface area contributed by atoms with E-state index in [-0.39, 0.29) is 34.5 Å². The van der Waals surface area contributed by atoms with Gasteiger partial charge >= 0.3 is 29.6 Å². The van der Waals surface area contributed by atoms with Crippen LogP contribution in [0.5, 0.6) is 0 Å². The third-order valence-electron chi connectivity index (χ3n) is 5.31. The first kappa shape index (κ1) is 26.6. The van der Waals surface area contributed by atoms with Gasteiger partial charge in [-0.2, -0.15) is 0 Å². The molecule has 0 atom stereocenters. The fourth-order valence-electron chi connectivity index (χ4n) is 3.62. The molecule has 0 amide bonds. The predicted octanol–water partition coefficient (Wildman–Crippen LogP) is 3.10. The summed E-state index contributed by atoms with van der Waals surface area (Å²) in [5.41, 5.74) is 1.32. The van der Waals surface area contributed by atoms with Crippen LogP contribution in [0.3, 0.4) is 0 Å².